The Morgan fingerprint density at radius 3 is 2.67 bits per heavy atom. The molecular formula is C17H27N3O. The highest BCUT2D eigenvalue weighted by Crippen LogP contribution is 2.25. The van der Waals surface area contributed by atoms with Crippen LogP contribution in [0.2, 0.25) is 0 Å². The van der Waals surface area contributed by atoms with Crippen LogP contribution in [0.25, 0.3) is 0 Å². The number of rotatable bonds is 6. The average Bonchev–Trinajstić information content (AvgIpc) is 2.96. The van der Waals surface area contributed by atoms with Gasteiger partial charge in [-0.25, -0.2) is 0 Å². The van der Waals surface area contributed by atoms with Gasteiger partial charge in [-0.2, -0.15) is 0 Å². The smallest absolute Gasteiger partial charge is 0.242 e. The monoisotopic (exact) mass is 289 g/mol. The fraction of sp³-hybridized carbons (Fsp3) is 0.588. The van der Waals surface area contributed by atoms with Crippen molar-refractivity contribution >= 4 is 11.6 Å². The molecule has 4 nitrogen and oxygen atoms in total. The number of carbonyl (C=O) groups is 1. The maximum absolute atomic E-state index is 11.9. The molecule has 0 aliphatic carbocycles. The van der Waals surface area contributed by atoms with Gasteiger partial charge in [0.2, 0.25) is 5.91 Å². The lowest BCUT2D eigenvalue weighted by Crippen LogP contribution is -2.41. The number of hydrogen-bond acceptors (Lipinski definition) is 3. The zero-order valence-electron chi connectivity index (χ0n) is 13.4. The van der Waals surface area contributed by atoms with Crippen LogP contribution in [0.4, 0.5) is 5.69 Å². The summed E-state index contributed by atoms with van der Waals surface area (Å²) >= 11 is 0. The van der Waals surface area contributed by atoms with Gasteiger partial charge in [-0.1, -0.05) is 26.0 Å². The highest BCUT2D eigenvalue weighted by molar-refractivity contribution is 5.85. The molecule has 0 bridgehead atoms. The van der Waals surface area contributed by atoms with Gasteiger partial charge in [-0.3, -0.25) is 4.79 Å². The third kappa shape index (κ3) is 4.21. The van der Waals surface area contributed by atoms with E-state index in [-0.39, 0.29) is 11.9 Å². The molecule has 1 aliphatic heterocycles. The van der Waals surface area contributed by atoms with Gasteiger partial charge in [0.1, 0.15) is 6.04 Å². The number of hydrogen-bond donors (Lipinski definition) is 2. The minimum Gasteiger partial charge on any atom is -0.360 e. The molecule has 4 heteroatoms. The van der Waals surface area contributed by atoms with Crippen LogP contribution in [0, 0.1) is 5.92 Å². The van der Waals surface area contributed by atoms with Crippen molar-refractivity contribution in [3.8, 4) is 0 Å². The molecule has 1 saturated heterocycles. The lowest BCUT2D eigenvalue weighted by molar-refractivity contribution is -0.121. The number of benzene rings is 1. The summed E-state index contributed by atoms with van der Waals surface area (Å²) in [6, 6.07) is 8.56. The second-order valence-electron chi connectivity index (χ2n) is 6.16. The number of nitrogens with one attached hydrogen (secondary N) is 2. The molecular weight excluding hydrogens is 262 g/mol. The second kappa shape index (κ2) is 7.46. The molecule has 1 aliphatic rings. The van der Waals surface area contributed by atoms with Gasteiger partial charge >= 0.3 is 0 Å². The summed E-state index contributed by atoms with van der Waals surface area (Å²) in [6.45, 7) is 7.32. The van der Waals surface area contributed by atoms with Crippen LogP contribution in [0.1, 0.15) is 32.3 Å². The third-order valence-corrected chi connectivity index (χ3v) is 3.95. The molecule has 21 heavy (non-hydrogen) atoms. The van der Waals surface area contributed by atoms with Crippen molar-refractivity contribution in [2.24, 2.45) is 5.92 Å². The molecule has 116 valence electrons. The van der Waals surface area contributed by atoms with Gasteiger partial charge in [0.25, 0.3) is 0 Å². The van der Waals surface area contributed by atoms with Gasteiger partial charge in [0.05, 0.1) is 0 Å². The van der Waals surface area contributed by atoms with Crippen molar-refractivity contribution in [3.05, 3.63) is 29.8 Å². The molecule has 0 spiro atoms. The predicted octanol–water partition coefficient (Wildman–Crippen LogP) is 2.15. The standard InChI is InChI=1S/C17H27N3O/c1-13(2)11-19-12-14-6-8-15(9-7-14)20-10-4-5-16(20)17(21)18-3/h6-9,13,16,19H,4-5,10-12H2,1-3H3,(H,18,21). The van der Waals surface area contributed by atoms with Crippen molar-refractivity contribution in [1.29, 1.82) is 0 Å². The van der Waals surface area contributed by atoms with Crippen molar-refractivity contribution in [3.63, 3.8) is 0 Å². The molecule has 0 saturated carbocycles. The third-order valence-electron chi connectivity index (χ3n) is 3.95. The summed E-state index contributed by atoms with van der Waals surface area (Å²) in [7, 11) is 1.71. The summed E-state index contributed by atoms with van der Waals surface area (Å²) in [5, 5.41) is 6.21. The zero-order valence-corrected chi connectivity index (χ0v) is 13.4. The van der Waals surface area contributed by atoms with Crippen LogP contribution in [0.15, 0.2) is 24.3 Å². The summed E-state index contributed by atoms with van der Waals surface area (Å²) in [4.78, 5) is 14.1. The fourth-order valence-corrected chi connectivity index (χ4v) is 2.83. The van der Waals surface area contributed by atoms with E-state index < -0.39 is 0 Å². The number of nitrogens with zero attached hydrogens (tertiary/aromatic N) is 1. The molecule has 1 fully saturated rings. The molecule has 1 aromatic rings. The van der Waals surface area contributed by atoms with E-state index >= 15 is 0 Å². The van der Waals surface area contributed by atoms with Gasteiger partial charge in [-0.05, 0) is 43.0 Å². The highest BCUT2D eigenvalue weighted by Gasteiger charge is 2.29. The minimum absolute atomic E-state index is 0.0140. The van der Waals surface area contributed by atoms with Crippen LogP contribution < -0.4 is 15.5 Å². The van der Waals surface area contributed by atoms with E-state index in [0.717, 1.165) is 38.2 Å². The zero-order chi connectivity index (χ0) is 15.2. The van der Waals surface area contributed by atoms with Gasteiger partial charge < -0.3 is 15.5 Å². The van der Waals surface area contributed by atoms with Gasteiger partial charge in [0, 0.05) is 25.8 Å². The maximum Gasteiger partial charge on any atom is 0.242 e. The quantitative estimate of drug-likeness (QED) is 0.843. The highest BCUT2D eigenvalue weighted by atomic mass is 16.2. The van der Waals surface area contributed by atoms with Crippen molar-refractivity contribution in [2.75, 3.05) is 25.0 Å². The van der Waals surface area contributed by atoms with Gasteiger partial charge in [-0.15, -0.1) is 0 Å². The average molecular weight is 289 g/mol. The van der Waals surface area contributed by atoms with E-state index in [1.54, 1.807) is 7.05 Å². The molecule has 0 radical (unpaired) electrons. The maximum atomic E-state index is 11.9. The van der Waals surface area contributed by atoms with Crippen molar-refractivity contribution in [1.82, 2.24) is 10.6 Å². The topological polar surface area (TPSA) is 44.4 Å². The van der Waals surface area contributed by atoms with Crippen LogP contribution in [-0.2, 0) is 11.3 Å². The molecule has 1 heterocycles. The number of amides is 1. The Hall–Kier alpha value is -1.55. The Bertz CT molecular complexity index is 456. The largest absolute Gasteiger partial charge is 0.360 e. The molecule has 1 aromatic carbocycles. The first-order valence-electron chi connectivity index (χ1n) is 7.89. The Kier molecular flexibility index (Phi) is 5.62. The summed E-state index contributed by atoms with van der Waals surface area (Å²) in [6.07, 6.45) is 2.02. The first kappa shape index (κ1) is 15.8. The van der Waals surface area contributed by atoms with E-state index in [9.17, 15) is 4.79 Å². The Labute approximate surface area is 127 Å². The Morgan fingerprint density at radius 1 is 1.33 bits per heavy atom. The van der Waals surface area contributed by atoms with Crippen LogP contribution in [0.3, 0.4) is 0 Å². The SMILES string of the molecule is CNC(=O)C1CCCN1c1ccc(CNCC(C)C)cc1. The Balaban J connectivity index is 1.96. The van der Waals surface area contributed by atoms with E-state index in [0.29, 0.717) is 5.92 Å². The minimum atomic E-state index is -0.0140. The first-order chi connectivity index (χ1) is 10.1. The number of likely N-dealkylation sites (N-methyl/N-ethyl adjacent to an activating group) is 1. The predicted molar refractivity (Wildman–Crippen MR) is 87.4 cm³/mol. The number of anilines is 1. The van der Waals surface area contributed by atoms with Crippen LogP contribution in [-0.4, -0.2) is 32.1 Å². The lowest BCUT2D eigenvalue weighted by Gasteiger charge is -2.25. The first-order valence-corrected chi connectivity index (χ1v) is 7.89. The molecule has 1 atom stereocenters. The van der Waals surface area contributed by atoms with E-state index in [1.807, 2.05) is 0 Å². The molecule has 1 amide bonds. The summed E-state index contributed by atoms with van der Waals surface area (Å²) < 4.78 is 0. The second-order valence-corrected chi connectivity index (χ2v) is 6.16. The van der Waals surface area contributed by atoms with Crippen molar-refractivity contribution in [2.45, 2.75) is 39.3 Å². The fourth-order valence-electron chi connectivity index (χ4n) is 2.83. The molecule has 1 unspecified atom stereocenters. The van der Waals surface area contributed by atoms with E-state index in [1.165, 1.54) is 5.56 Å². The number of carbonyl (C=O) groups excluding carboxylic acids is 1. The van der Waals surface area contributed by atoms with Gasteiger partial charge in [0.15, 0.2) is 0 Å². The summed E-state index contributed by atoms with van der Waals surface area (Å²) in [5.41, 5.74) is 2.43. The molecule has 2 rings (SSSR count). The Morgan fingerprint density at radius 2 is 2.05 bits per heavy atom. The van der Waals surface area contributed by atoms with E-state index in [2.05, 4.69) is 53.6 Å². The summed E-state index contributed by atoms with van der Waals surface area (Å²) in [5.74, 6) is 0.789. The van der Waals surface area contributed by atoms with E-state index in [4.69, 9.17) is 0 Å². The van der Waals surface area contributed by atoms with Crippen molar-refractivity contribution < 1.29 is 4.79 Å². The van der Waals surface area contributed by atoms with Crippen LogP contribution >= 0.6 is 0 Å². The molecule has 2 N–H and O–H groups in total. The molecule has 0 aromatic heterocycles. The normalized spacial score (nSPS) is 18.3. The lowest BCUT2D eigenvalue weighted by atomic mass is 10.1. The van der Waals surface area contributed by atoms with Crippen LogP contribution in [0.5, 0.6) is 0 Å².